The predicted octanol–water partition coefficient (Wildman–Crippen LogP) is 8.26. The molecular formula is C36H32F8N4O5. The number of carbonyl (C=O) groups excluding carboxylic acids is 2. The Kier molecular flexibility index (Phi) is 9.66. The number of cyclic esters (lactones) is 1. The molecule has 2 saturated heterocycles. The highest BCUT2D eigenvalue weighted by Gasteiger charge is 2.46. The van der Waals surface area contributed by atoms with E-state index in [0.29, 0.717) is 41.0 Å². The number of hydrogen-bond donors (Lipinski definition) is 0. The van der Waals surface area contributed by atoms with Crippen molar-refractivity contribution in [1.29, 1.82) is 0 Å². The van der Waals surface area contributed by atoms with Gasteiger partial charge >= 0.3 is 24.4 Å². The Balaban J connectivity index is 1.39. The summed E-state index contributed by atoms with van der Waals surface area (Å²) >= 11 is 0. The number of methoxy groups -OCH3 is 2. The van der Waals surface area contributed by atoms with Crippen LogP contribution in [0.2, 0.25) is 0 Å². The van der Waals surface area contributed by atoms with Crippen LogP contribution in [0.4, 0.5) is 45.9 Å². The van der Waals surface area contributed by atoms with Gasteiger partial charge in [0.1, 0.15) is 11.9 Å². The lowest BCUT2D eigenvalue weighted by molar-refractivity contribution is -0.143. The van der Waals surface area contributed by atoms with Gasteiger partial charge in [-0.1, -0.05) is 17.7 Å². The number of ether oxygens (including phenoxy) is 3. The molecular weight excluding hydrogens is 720 g/mol. The van der Waals surface area contributed by atoms with Gasteiger partial charge in [0, 0.05) is 23.2 Å². The van der Waals surface area contributed by atoms with E-state index in [0.717, 1.165) is 16.0 Å². The van der Waals surface area contributed by atoms with E-state index in [1.54, 1.807) is 24.3 Å². The number of anilines is 1. The maximum Gasteiger partial charge on any atom is 0.416 e. The topological polar surface area (TPSA) is 94.1 Å². The lowest BCUT2D eigenvalue weighted by Crippen LogP contribution is -2.57. The number of carbonyl (C=O) groups is 2. The second kappa shape index (κ2) is 13.6. The monoisotopic (exact) mass is 752 g/mol. The van der Waals surface area contributed by atoms with Gasteiger partial charge < -0.3 is 19.1 Å². The van der Waals surface area contributed by atoms with Gasteiger partial charge in [-0.25, -0.2) is 28.3 Å². The molecule has 6 rings (SSSR count). The molecule has 17 heteroatoms. The minimum Gasteiger partial charge on any atom is -0.496 e. The van der Waals surface area contributed by atoms with Crippen molar-refractivity contribution < 1.29 is 58.9 Å². The van der Waals surface area contributed by atoms with Crippen molar-refractivity contribution in [3.8, 4) is 16.9 Å². The minimum atomic E-state index is -5.12. The molecule has 3 aromatic rings. The summed E-state index contributed by atoms with van der Waals surface area (Å²) in [6, 6.07) is 5.21. The van der Waals surface area contributed by atoms with Crippen LogP contribution in [-0.2, 0) is 33.2 Å². The third-order valence-electron chi connectivity index (χ3n) is 9.48. The molecule has 3 heterocycles. The SMILES string of the molecule is COC(=O)C1=CCC(c2ccc(OC)c(-c3cnc(N4CC(F)(F)C4)nc3CN3C(=O)OC(c4cc(C(F)(F)F)cc(C(F)(F)F)c4)C3C)c2)C(C)=C1. The van der Waals surface area contributed by atoms with Crippen molar-refractivity contribution >= 4 is 18.0 Å². The summed E-state index contributed by atoms with van der Waals surface area (Å²) in [5.74, 6) is -3.37. The van der Waals surface area contributed by atoms with Crippen molar-refractivity contribution in [3.05, 3.63) is 93.8 Å². The van der Waals surface area contributed by atoms with Crippen LogP contribution in [0.25, 0.3) is 11.1 Å². The molecule has 282 valence electrons. The maximum atomic E-state index is 13.8. The van der Waals surface area contributed by atoms with Gasteiger partial charge in [0.05, 0.1) is 62.3 Å². The molecule has 1 aromatic heterocycles. The van der Waals surface area contributed by atoms with Crippen molar-refractivity contribution in [3.63, 3.8) is 0 Å². The minimum absolute atomic E-state index is 0.0167. The van der Waals surface area contributed by atoms with Crippen LogP contribution in [0, 0.1) is 0 Å². The number of nitrogens with zero attached hydrogens (tertiary/aromatic N) is 4. The highest BCUT2D eigenvalue weighted by atomic mass is 19.4. The normalized spacial score (nSPS) is 21.4. The van der Waals surface area contributed by atoms with Gasteiger partial charge in [-0.05, 0) is 67.8 Å². The van der Waals surface area contributed by atoms with Crippen molar-refractivity contribution in [1.82, 2.24) is 14.9 Å². The van der Waals surface area contributed by atoms with Crippen molar-refractivity contribution in [2.24, 2.45) is 0 Å². The molecule has 3 atom stereocenters. The van der Waals surface area contributed by atoms with Crippen LogP contribution < -0.4 is 9.64 Å². The lowest BCUT2D eigenvalue weighted by atomic mass is 9.83. The van der Waals surface area contributed by atoms with E-state index < -0.39 is 78.8 Å². The van der Waals surface area contributed by atoms with Gasteiger partial charge in [0.2, 0.25) is 5.95 Å². The maximum absolute atomic E-state index is 13.8. The molecule has 0 spiro atoms. The Bertz CT molecular complexity index is 1970. The average molecular weight is 753 g/mol. The molecule has 3 aliphatic rings. The first-order chi connectivity index (χ1) is 24.8. The fraction of sp³-hybridized carbons (Fsp3) is 0.389. The van der Waals surface area contributed by atoms with E-state index in [4.69, 9.17) is 14.2 Å². The zero-order chi connectivity index (χ0) is 38.6. The van der Waals surface area contributed by atoms with E-state index in [1.165, 1.54) is 32.2 Å². The average Bonchev–Trinajstić information content (AvgIpc) is 3.37. The van der Waals surface area contributed by atoms with E-state index in [1.807, 2.05) is 13.0 Å². The quantitative estimate of drug-likeness (QED) is 0.168. The zero-order valence-electron chi connectivity index (χ0n) is 28.6. The third kappa shape index (κ3) is 7.51. The summed E-state index contributed by atoms with van der Waals surface area (Å²) in [5, 5.41) is 0. The highest BCUT2D eigenvalue weighted by Crippen LogP contribution is 2.43. The summed E-state index contributed by atoms with van der Waals surface area (Å²) in [6.07, 6.45) is -7.54. The molecule has 0 saturated carbocycles. The Hall–Kier alpha value is -5.22. The van der Waals surface area contributed by atoms with Crippen molar-refractivity contribution in [2.45, 2.75) is 63.2 Å². The van der Waals surface area contributed by atoms with E-state index >= 15 is 0 Å². The number of amides is 1. The van der Waals surface area contributed by atoms with Gasteiger partial charge in [-0.2, -0.15) is 26.3 Å². The van der Waals surface area contributed by atoms with Crippen LogP contribution in [0.3, 0.4) is 0 Å². The number of allylic oxidation sites excluding steroid dienone is 2. The molecule has 0 N–H and O–H groups in total. The number of halogens is 8. The summed E-state index contributed by atoms with van der Waals surface area (Å²) in [5.41, 5.74) is -0.711. The zero-order valence-corrected chi connectivity index (χ0v) is 28.6. The molecule has 0 radical (unpaired) electrons. The van der Waals surface area contributed by atoms with Crippen LogP contribution in [0.15, 0.2) is 65.9 Å². The smallest absolute Gasteiger partial charge is 0.416 e. The number of aromatic nitrogens is 2. The fourth-order valence-corrected chi connectivity index (χ4v) is 6.67. The predicted molar refractivity (Wildman–Crippen MR) is 173 cm³/mol. The molecule has 0 bridgehead atoms. The Morgan fingerprint density at radius 1 is 0.981 bits per heavy atom. The standard InChI is InChI=1S/C36H32F8N4O5/c1-18-9-21(31(49)52-4)5-7-25(18)20-6-8-29(51-3)26(12-20)27-14-45-32(47-16-34(37,38)17-47)46-28(27)15-48-19(2)30(53-33(48)50)22-10-23(35(39,40)41)13-24(11-22)36(42,43)44/h5-6,8-14,19,25,30H,7,15-17H2,1-4H3. The van der Waals surface area contributed by atoms with E-state index in [9.17, 15) is 44.7 Å². The summed E-state index contributed by atoms with van der Waals surface area (Å²) in [6.45, 7) is 1.53. The van der Waals surface area contributed by atoms with Gasteiger partial charge in [-0.3, -0.25) is 4.90 Å². The van der Waals surface area contributed by atoms with E-state index in [-0.39, 0.29) is 23.6 Å². The number of rotatable bonds is 8. The summed E-state index contributed by atoms with van der Waals surface area (Å²) in [4.78, 5) is 36.6. The van der Waals surface area contributed by atoms with Crippen LogP contribution in [0.1, 0.15) is 60.2 Å². The second-order valence-electron chi connectivity index (χ2n) is 13.0. The van der Waals surface area contributed by atoms with Crippen molar-refractivity contribution in [2.75, 3.05) is 32.2 Å². The molecule has 2 aromatic carbocycles. The first-order valence-corrected chi connectivity index (χ1v) is 16.2. The molecule has 1 amide bonds. The number of benzene rings is 2. The van der Waals surface area contributed by atoms with Crippen LogP contribution in [0.5, 0.6) is 5.75 Å². The van der Waals surface area contributed by atoms with E-state index in [2.05, 4.69) is 9.97 Å². The molecule has 3 unspecified atom stereocenters. The van der Waals surface area contributed by atoms with Crippen LogP contribution in [-0.4, -0.2) is 66.2 Å². The molecule has 2 aliphatic heterocycles. The lowest BCUT2D eigenvalue weighted by Gasteiger charge is -2.38. The number of hydrogen-bond acceptors (Lipinski definition) is 8. The summed E-state index contributed by atoms with van der Waals surface area (Å²) in [7, 11) is 2.70. The van der Waals surface area contributed by atoms with Gasteiger partial charge in [-0.15, -0.1) is 0 Å². The first-order valence-electron chi connectivity index (χ1n) is 16.2. The third-order valence-corrected chi connectivity index (χ3v) is 9.48. The highest BCUT2D eigenvalue weighted by molar-refractivity contribution is 5.92. The fourth-order valence-electron chi connectivity index (χ4n) is 6.67. The first kappa shape index (κ1) is 37.5. The summed E-state index contributed by atoms with van der Waals surface area (Å²) < 4.78 is 126. The van der Waals surface area contributed by atoms with Crippen LogP contribution >= 0.6 is 0 Å². The molecule has 2 fully saturated rings. The molecule has 1 aliphatic carbocycles. The Morgan fingerprint density at radius 2 is 1.64 bits per heavy atom. The van der Waals surface area contributed by atoms with Gasteiger partial charge in [0.25, 0.3) is 5.92 Å². The largest absolute Gasteiger partial charge is 0.496 e. The second-order valence-corrected chi connectivity index (χ2v) is 13.0. The van der Waals surface area contributed by atoms with Gasteiger partial charge in [0.15, 0.2) is 0 Å². The Labute approximate surface area is 297 Å². The number of esters is 1. The Morgan fingerprint density at radius 3 is 2.21 bits per heavy atom. The molecule has 53 heavy (non-hydrogen) atoms. The molecule has 9 nitrogen and oxygen atoms in total. The number of alkyl halides is 8.